The van der Waals surface area contributed by atoms with Gasteiger partial charge in [-0.3, -0.25) is 19.0 Å². The van der Waals surface area contributed by atoms with E-state index in [9.17, 15) is 14.4 Å². The van der Waals surface area contributed by atoms with Gasteiger partial charge in [-0.15, -0.1) is 0 Å². The number of hydrogen-bond acceptors (Lipinski definition) is 4. The van der Waals surface area contributed by atoms with Gasteiger partial charge in [-0.1, -0.05) is 54.9 Å². The Morgan fingerprint density at radius 3 is 2.49 bits per heavy atom. The van der Waals surface area contributed by atoms with Crippen LogP contribution in [0.5, 0.6) is 0 Å². The molecule has 1 aromatic heterocycles. The zero-order valence-corrected chi connectivity index (χ0v) is 20.4. The van der Waals surface area contributed by atoms with Crippen LogP contribution in [0, 0.1) is 6.92 Å². The number of anilines is 2. The van der Waals surface area contributed by atoms with Crippen molar-refractivity contribution in [3.63, 3.8) is 0 Å². The van der Waals surface area contributed by atoms with Crippen molar-refractivity contribution in [3.05, 3.63) is 87.7 Å². The van der Waals surface area contributed by atoms with Gasteiger partial charge in [0.25, 0.3) is 5.56 Å². The number of carbonyl (C=O) groups is 2. The van der Waals surface area contributed by atoms with Crippen LogP contribution in [0.15, 0.2) is 71.5 Å². The molecule has 0 aliphatic rings. The molecule has 4 rings (SSSR count). The van der Waals surface area contributed by atoms with Crippen molar-refractivity contribution < 1.29 is 9.59 Å². The second kappa shape index (κ2) is 10.1. The molecule has 4 aromatic rings. The van der Waals surface area contributed by atoms with Crippen LogP contribution in [0.3, 0.4) is 0 Å². The average Bonchev–Trinajstić information content (AvgIpc) is 2.86. The summed E-state index contributed by atoms with van der Waals surface area (Å²) in [6, 6.07) is 18.5. The van der Waals surface area contributed by atoms with E-state index in [4.69, 9.17) is 11.6 Å². The Morgan fingerprint density at radius 2 is 1.71 bits per heavy atom. The second-order valence-corrected chi connectivity index (χ2v) is 8.63. The standard InChI is InChI=1S/C27H25ClN4O3/c1-4-24(33)29-20-10-6-5-9-19(20)25-27(35)32(23-12-8-7-11-21(23)30-25)17(3)26(34)31-22-15-18(28)14-13-16(22)2/h5-15,17H,4H2,1-3H3,(H,29,33)(H,31,34)/t17-/m1/s1. The van der Waals surface area contributed by atoms with E-state index in [1.165, 1.54) is 4.57 Å². The average molecular weight is 489 g/mol. The highest BCUT2D eigenvalue weighted by molar-refractivity contribution is 6.31. The molecule has 3 aromatic carbocycles. The summed E-state index contributed by atoms with van der Waals surface area (Å²) >= 11 is 6.11. The first-order chi connectivity index (χ1) is 16.8. The SMILES string of the molecule is CCC(=O)Nc1ccccc1-c1nc2ccccc2n([C@H](C)C(=O)Nc2cc(Cl)ccc2C)c1=O. The van der Waals surface area contributed by atoms with E-state index in [-0.39, 0.29) is 17.5 Å². The van der Waals surface area contributed by atoms with Crippen molar-refractivity contribution in [3.8, 4) is 11.3 Å². The van der Waals surface area contributed by atoms with Crippen LogP contribution in [0.25, 0.3) is 22.3 Å². The minimum absolute atomic E-state index is 0.147. The smallest absolute Gasteiger partial charge is 0.278 e. The summed E-state index contributed by atoms with van der Waals surface area (Å²) < 4.78 is 1.44. The van der Waals surface area contributed by atoms with Crippen molar-refractivity contribution >= 4 is 45.8 Å². The highest BCUT2D eigenvalue weighted by Gasteiger charge is 2.23. The Kier molecular flexibility index (Phi) is 6.98. The number of aryl methyl sites for hydroxylation is 1. The summed E-state index contributed by atoms with van der Waals surface area (Å²) in [6.07, 6.45) is 0.295. The van der Waals surface area contributed by atoms with Gasteiger partial charge in [0.2, 0.25) is 11.8 Å². The molecule has 7 nitrogen and oxygen atoms in total. The van der Waals surface area contributed by atoms with E-state index < -0.39 is 11.6 Å². The van der Waals surface area contributed by atoms with Gasteiger partial charge in [0.15, 0.2) is 0 Å². The molecule has 0 bridgehead atoms. The summed E-state index contributed by atoms with van der Waals surface area (Å²) in [4.78, 5) is 43.8. The minimum atomic E-state index is -0.857. The third kappa shape index (κ3) is 4.95. The number of rotatable bonds is 6. The molecule has 0 fully saturated rings. The van der Waals surface area contributed by atoms with Crippen molar-refractivity contribution in [2.24, 2.45) is 0 Å². The fourth-order valence-corrected chi connectivity index (χ4v) is 4.01. The molecule has 1 atom stereocenters. The lowest BCUT2D eigenvalue weighted by Crippen LogP contribution is -2.33. The van der Waals surface area contributed by atoms with Gasteiger partial charge in [0.1, 0.15) is 11.7 Å². The lowest BCUT2D eigenvalue weighted by atomic mass is 10.1. The Balaban J connectivity index is 1.85. The van der Waals surface area contributed by atoms with Crippen molar-refractivity contribution in [1.82, 2.24) is 9.55 Å². The Hall–Kier alpha value is -3.97. The maximum Gasteiger partial charge on any atom is 0.278 e. The molecule has 8 heteroatoms. The van der Waals surface area contributed by atoms with Crippen LogP contribution in [0.1, 0.15) is 31.9 Å². The molecule has 0 unspecified atom stereocenters. The van der Waals surface area contributed by atoms with Crippen LogP contribution >= 0.6 is 11.6 Å². The molecule has 0 aliphatic carbocycles. The van der Waals surface area contributed by atoms with Crippen LogP contribution in [-0.2, 0) is 9.59 Å². The topological polar surface area (TPSA) is 93.1 Å². The molecule has 0 aliphatic heterocycles. The predicted molar refractivity (Wildman–Crippen MR) is 140 cm³/mol. The lowest BCUT2D eigenvalue weighted by Gasteiger charge is -2.20. The number of carbonyl (C=O) groups excluding carboxylic acids is 2. The van der Waals surface area contributed by atoms with Gasteiger partial charge >= 0.3 is 0 Å². The Morgan fingerprint density at radius 1 is 1.00 bits per heavy atom. The van der Waals surface area contributed by atoms with Crippen LogP contribution in [0.4, 0.5) is 11.4 Å². The molecular formula is C27H25ClN4O3. The van der Waals surface area contributed by atoms with Gasteiger partial charge in [0, 0.05) is 22.7 Å². The third-order valence-electron chi connectivity index (χ3n) is 5.80. The van der Waals surface area contributed by atoms with Gasteiger partial charge in [-0.2, -0.15) is 0 Å². The monoisotopic (exact) mass is 488 g/mol. The van der Waals surface area contributed by atoms with Gasteiger partial charge in [0.05, 0.1) is 16.7 Å². The van der Waals surface area contributed by atoms with Crippen LogP contribution < -0.4 is 16.2 Å². The van der Waals surface area contributed by atoms with E-state index in [0.717, 1.165) is 5.56 Å². The Labute approximate surface area is 207 Å². The van der Waals surface area contributed by atoms with E-state index in [1.54, 1.807) is 68.4 Å². The Bertz CT molecular complexity index is 1500. The first-order valence-corrected chi connectivity index (χ1v) is 11.7. The number of aromatic nitrogens is 2. The van der Waals surface area contributed by atoms with Gasteiger partial charge in [-0.05, 0) is 49.7 Å². The highest BCUT2D eigenvalue weighted by Crippen LogP contribution is 2.27. The second-order valence-electron chi connectivity index (χ2n) is 8.20. The summed E-state index contributed by atoms with van der Waals surface area (Å²) in [5.74, 6) is -0.546. The first kappa shape index (κ1) is 24.2. The number of amides is 2. The fourth-order valence-electron chi connectivity index (χ4n) is 3.83. The molecule has 0 saturated heterocycles. The predicted octanol–water partition coefficient (Wildman–Crippen LogP) is 5.57. The molecule has 35 heavy (non-hydrogen) atoms. The molecule has 0 saturated carbocycles. The fraction of sp³-hybridized carbons (Fsp3) is 0.185. The lowest BCUT2D eigenvalue weighted by molar-refractivity contribution is -0.119. The van der Waals surface area contributed by atoms with Gasteiger partial charge < -0.3 is 10.6 Å². The van der Waals surface area contributed by atoms with Crippen molar-refractivity contribution in [2.45, 2.75) is 33.2 Å². The zero-order chi connectivity index (χ0) is 25.1. The number of nitrogens with one attached hydrogen (secondary N) is 2. The molecule has 2 amide bonds. The minimum Gasteiger partial charge on any atom is -0.325 e. The highest BCUT2D eigenvalue weighted by atomic mass is 35.5. The van der Waals surface area contributed by atoms with E-state index in [1.807, 2.05) is 19.1 Å². The molecule has 0 radical (unpaired) electrons. The van der Waals surface area contributed by atoms with E-state index in [0.29, 0.717) is 39.4 Å². The van der Waals surface area contributed by atoms with Crippen LogP contribution in [-0.4, -0.2) is 21.4 Å². The number of para-hydroxylation sites is 3. The molecule has 2 N–H and O–H groups in total. The van der Waals surface area contributed by atoms with Gasteiger partial charge in [-0.25, -0.2) is 4.98 Å². The maximum absolute atomic E-state index is 13.8. The summed E-state index contributed by atoms with van der Waals surface area (Å²) in [5.41, 5.74) is 3.19. The van der Waals surface area contributed by atoms with E-state index >= 15 is 0 Å². The quantitative estimate of drug-likeness (QED) is 0.371. The molecule has 1 heterocycles. The molecule has 178 valence electrons. The van der Waals surface area contributed by atoms with Crippen LogP contribution in [0.2, 0.25) is 5.02 Å². The van der Waals surface area contributed by atoms with Crippen molar-refractivity contribution in [2.75, 3.05) is 10.6 Å². The number of benzene rings is 3. The number of halogens is 1. The zero-order valence-electron chi connectivity index (χ0n) is 19.6. The summed E-state index contributed by atoms with van der Waals surface area (Å²) in [5, 5.41) is 6.21. The number of nitrogens with zero attached hydrogens (tertiary/aromatic N) is 2. The maximum atomic E-state index is 13.8. The van der Waals surface area contributed by atoms with E-state index in [2.05, 4.69) is 15.6 Å². The molecule has 0 spiro atoms. The molecular weight excluding hydrogens is 464 g/mol. The largest absolute Gasteiger partial charge is 0.325 e. The number of fused-ring (bicyclic) bond motifs is 1. The number of hydrogen-bond donors (Lipinski definition) is 2. The van der Waals surface area contributed by atoms with Crippen molar-refractivity contribution in [1.29, 1.82) is 0 Å². The summed E-state index contributed by atoms with van der Waals surface area (Å²) in [7, 11) is 0. The normalized spacial score (nSPS) is 11.8. The summed E-state index contributed by atoms with van der Waals surface area (Å²) in [6.45, 7) is 5.28. The first-order valence-electron chi connectivity index (χ1n) is 11.3. The third-order valence-corrected chi connectivity index (χ3v) is 6.03.